The van der Waals surface area contributed by atoms with Crippen molar-refractivity contribution in [3.05, 3.63) is 28.5 Å². The Morgan fingerprint density at radius 1 is 1.08 bits per heavy atom. The quantitative estimate of drug-likeness (QED) is 0.787. The Labute approximate surface area is 152 Å². The molecule has 2 aliphatic rings. The summed E-state index contributed by atoms with van der Waals surface area (Å²) in [5, 5.41) is 0. The first-order valence-corrected chi connectivity index (χ1v) is 9.84. The monoisotopic (exact) mass is 391 g/mol. The largest absolute Gasteiger partial charge is 0.304 e. The zero-order chi connectivity index (χ0) is 16.7. The van der Waals surface area contributed by atoms with Gasteiger partial charge in [0.25, 0.3) is 0 Å². The number of halogens is 1. The summed E-state index contributed by atoms with van der Waals surface area (Å²) >= 11 is 3.63. The van der Waals surface area contributed by atoms with Gasteiger partial charge in [0.1, 0.15) is 15.9 Å². The molecule has 130 valence electrons. The molecular weight excluding hydrogens is 366 g/mol. The molecule has 4 rings (SSSR count). The Kier molecular flexibility index (Phi) is 4.62. The molecule has 0 atom stereocenters. The molecule has 0 unspecified atom stereocenters. The summed E-state index contributed by atoms with van der Waals surface area (Å²) in [6.45, 7) is 6.94. The fourth-order valence-corrected chi connectivity index (χ4v) is 5.00. The van der Waals surface area contributed by atoms with Gasteiger partial charge < -0.3 is 4.90 Å². The van der Waals surface area contributed by atoms with Crippen LogP contribution in [0, 0.1) is 6.92 Å². The fourth-order valence-electron chi connectivity index (χ4n) is 4.34. The van der Waals surface area contributed by atoms with E-state index in [1.165, 1.54) is 57.7 Å². The van der Waals surface area contributed by atoms with Crippen LogP contribution >= 0.6 is 15.9 Å². The van der Waals surface area contributed by atoms with E-state index in [0.717, 1.165) is 21.9 Å². The lowest BCUT2D eigenvalue weighted by Crippen LogP contribution is -2.49. The highest BCUT2D eigenvalue weighted by molar-refractivity contribution is 9.10. The molecule has 1 saturated heterocycles. The molecule has 1 aliphatic carbocycles. The Morgan fingerprint density at radius 2 is 1.79 bits per heavy atom. The molecule has 2 aromatic rings. The number of likely N-dealkylation sites (N-methyl/N-ethyl adjacent to an activating group) is 1. The van der Waals surface area contributed by atoms with E-state index in [2.05, 4.69) is 55.3 Å². The molecule has 0 radical (unpaired) electrons. The summed E-state index contributed by atoms with van der Waals surface area (Å²) in [5.41, 5.74) is 2.16. The normalized spacial score (nSPS) is 27.0. The minimum atomic E-state index is 0.564. The van der Waals surface area contributed by atoms with Gasteiger partial charge in [-0.2, -0.15) is 0 Å². The first kappa shape index (κ1) is 16.5. The van der Waals surface area contributed by atoms with Crippen LogP contribution in [0.2, 0.25) is 0 Å². The molecule has 24 heavy (non-hydrogen) atoms. The molecule has 1 saturated carbocycles. The molecule has 0 aromatic carbocycles. The maximum absolute atomic E-state index is 4.84. The third-order valence-electron chi connectivity index (χ3n) is 5.84. The molecule has 5 nitrogen and oxygen atoms in total. The second kappa shape index (κ2) is 6.73. The SMILES string of the molecule is Cc1nccn2c(C3CCC(N4CCN(C)CC4)CC3)nc(Br)c12. The fraction of sp³-hybridized carbons (Fsp3) is 0.667. The van der Waals surface area contributed by atoms with Crippen LogP contribution in [0.5, 0.6) is 0 Å². The Morgan fingerprint density at radius 3 is 2.50 bits per heavy atom. The minimum absolute atomic E-state index is 0.564. The van der Waals surface area contributed by atoms with Gasteiger partial charge >= 0.3 is 0 Å². The average molecular weight is 392 g/mol. The van der Waals surface area contributed by atoms with Crippen molar-refractivity contribution in [3.8, 4) is 0 Å². The lowest BCUT2D eigenvalue weighted by atomic mass is 9.84. The molecule has 0 bridgehead atoms. The molecule has 3 heterocycles. The van der Waals surface area contributed by atoms with E-state index in [0.29, 0.717) is 5.92 Å². The predicted octanol–water partition coefficient (Wildman–Crippen LogP) is 3.07. The summed E-state index contributed by atoms with van der Waals surface area (Å²) in [7, 11) is 2.23. The average Bonchev–Trinajstić information content (AvgIpc) is 2.94. The third kappa shape index (κ3) is 3.00. The summed E-state index contributed by atoms with van der Waals surface area (Å²) in [4.78, 5) is 14.4. The number of aromatic nitrogens is 3. The Bertz CT molecular complexity index is 712. The van der Waals surface area contributed by atoms with Crippen LogP contribution in [-0.2, 0) is 0 Å². The zero-order valence-electron chi connectivity index (χ0n) is 14.6. The zero-order valence-corrected chi connectivity index (χ0v) is 16.2. The van der Waals surface area contributed by atoms with E-state index in [9.17, 15) is 0 Å². The number of hydrogen-bond acceptors (Lipinski definition) is 4. The van der Waals surface area contributed by atoms with Gasteiger partial charge in [-0.25, -0.2) is 4.98 Å². The van der Waals surface area contributed by atoms with E-state index in [4.69, 9.17) is 4.98 Å². The van der Waals surface area contributed by atoms with E-state index in [-0.39, 0.29) is 0 Å². The topological polar surface area (TPSA) is 36.7 Å². The Balaban J connectivity index is 1.47. The van der Waals surface area contributed by atoms with Crippen LogP contribution in [0.4, 0.5) is 0 Å². The van der Waals surface area contributed by atoms with Crippen molar-refractivity contribution < 1.29 is 0 Å². The maximum Gasteiger partial charge on any atom is 0.134 e. The first-order chi connectivity index (χ1) is 11.6. The number of fused-ring (bicyclic) bond motifs is 1. The smallest absolute Gasteiger partial charge is 0.134 e. The second-order valence-electron chi connectivity index (χ2n) is 7.34. The van der Waals surface area contributed by atoms with Gasteiger partial charge in [0.2, 0.25) is 0 Å². The summed E-state index contributed by atoms with van der Waals surface area (Å²) in [6.07, 6.45) is 9.02. The maximum atomic E-state index is 4.84. The molecule has 0 amide bonds. The molecule has 6 heteroatoms. The lowest BCUT2D eigenvalue weighted by Gasteiger charge is -2.41. The molecular formula is C18H26BrN5. The van der Waals surface area contributed by atoms with E-state index >= 15 is 0 Å². The minimum Gasteiger partial charge on any atom is -0.304 e. The summed E-state index contributed by atoms with van der Waals surface area (Å²) in [6, 6.07) is 0.771. The Hall–Kier alpha value is -0.980. The van der Waals surface area contributed by atoms with Crippen molar-refractivity contribution in [2.45, 2.75) is 44.6 Å². The van der Waals surface area contributed by atoms with Gasteiger partial charge in [-0.05, 0) is 55.6 Å². The molecule has 0 spiro atoms. The van der Waals surface area contributed by atoms with E-state index in [1.807, 2.05) is 6.20 Å². The number of piperazine rings is 1. The van der Waals surface area contributed by atoms with Crippen molar-refractivity contribution in [2.75, 3.05) is 33.2 Å². The lowest BCUT2D eigenvalue weighted by molar-refractivity contribution is 0.0872. The number of rotatable bonds is 2. The predicted molar refractivity (Wildman–Crippen MR) is 99.5 cm³/mol. The van der Waals surface area contributed by atoms with Gasteiger partial charge in [-0.3, -0.25) is 14.3 Å². The van der Waals surface area contributed by atoms with Crippen LogP contribution in [0.1, 0.15) is 43.1 Å². The number of hydrogen-bond donors (Lipinski definition) is 0. The number of nitrogens with zero attached hydrogens (tertiary/aromatic N) is 5. The van der Waals surface area contributed by atoms with Gasteiger partial charge in [-0.15, -0.1) is 0 Å². The summed E-state index contributed by atoms with van der Waals surface area (Å²) < 4.78 is 3.18. The van der Waals surface area contributed by atoms with Crippen LogP contribution in [0.3, 0.4) is 0 Å². The van der Waals surface area contributed by atoms with Crippen LogP contribution in [0.15, 0.2) is 17.0 Å². The summed E-state index contributed by atoms with van der Waals surface area (Å²) in [5.74, 6) is 1.77. The molecule has 1 aliphatic heterocycles. The molecule has 2 aromatic heterocycles. The van der Waals surface area contributed by atoms with E-state index in [1.54, 1.807) is 0 Å². The van der Waals surface area contributed by atoms with Gasteiger partial charge in [0, 0.05) is 50.5 Å². The van der Waals surface area contributed by atoms with E-state index < -0.39 is 0 Å². The highest BCUT2D eigenvalue weighted by atomic mass is 79.9. The highest BCUT2D eigenvalue weighted by Gasteiger charge is 2.30. The third-order valence-corrected chi connectivity index (χ3v) is 6.39. The number of imidazole rings is 1. The van der Waals surface area contributed by atoms with Gasteiger partial charge in [0.15, 0.2) is 0 Å². The van der Waals surface area contributed by atoms with Crippen molar-refractivity contribution in [2.24, 2.45) is 0 Å². The van der Waals surface area contributed by atoms with Crippen molar-refractivity contribution in [1.82, 2.24) is 24.2 Å². The van der Waals surface area contributed by atoms with Crippen LogP contribution < -0.4 is 0 Å². The van der Waals surface area contributed by atoms with Crippen molar-refractivity contribution in [3.63, 3.8) is 0 Å². The van der Waals surface area contributed by atoms with Crippen LogP contribution in [-0.4, -0.2) is 63.4 Å². The van der Waals surface area contributed by atoms with Gasteiger partial charge in [0.05, 0.1) is 5.69 Å². The molecule has 0 N–H and O–H groups in total. The second-order valence-corrected chi connectivity index (χ2v) is 8.09. The number of aryl methyl sites for hydroxylation is 1. The van der Waals surface area contributed by atoms with Crippen molar-refractivity contribution >= 4 is 21.4 Å². The van der Waals surface area contributed by atoms with Gasteiger partial charge in [-0.1, -0.05) is 0 Å². The standard InChI is InChI=1S/C18H26BrN5/c1-13-16-17(19)21-18(24(16)8-7-20-13)14-3-5-15(6-4-14)23-11-9-22(2)10-12-23/h7-8,14-15H,3-6,9-12H2,1-2H3. The molecule has 2 fully saturated rings. The first-order valence-electron chi connectivity index (χ1n) is 9.05. The highest BCUT2D eigenvalue weighted by Crippen LogP contribution is 2.36. The van der Waals surface area contributed by atoms with Crippen LogP contribution in [0.25, 0.3) is 5.52 Å². The van der Waals surface area contributed by atoms with Crippen molar-refractivity contribution in [1.29, 1.82) is 0 Å².